The zero-order valence-electron chi connectivity index (χ0n) is 19.9. The van der Waals surface area contributed by atoms with E-state index in [1.165, 1.54) is 12.1 Å². The third kappa shape index (κ3) is 4.14. The summed E-state index contributed by atoms with van der Waals surface area (Å²) in [5.41, 5.74) is 5.62. The highest BCUT2D eigenvalue weighted by Crippen LogP contribution is 2.35. The Morgan fingerprint density at radius 1 is 1.06 bits per heavy atom. The van der Waals surface area contributed by atoms with Crippen LogP contribution in [0, 0.1) is 5.82 Å². The van der Waals surface area contributed by atoms with Gasteiger partial charge in [0.2, 0.25) is 5.91 Å². The van der Waals surface area contributed by atoms with Crippen LogP contribution in [0.5, 0.6) is 11.5 Å². The first-order chi connectivity index (χ1) is 17.0. The van der Waals surface area contributed by atoms with E-state index >= 15 is 0 Å². The van der Waals surface area contributed by atoms with E-state index in [1.807, 2.05) is 46.9 Å². The lowest BCUT2D eigenvalue weighted by atomic mass is 9.98. The molecule has 0 N–H and O–H groups in total. The third-order valence-corrected chi connectivity index (χ3v) is 6.53. The van der Waals surface area contributed by atoms with Crippen LogP contribution in [0.2, 0.25) is 0 Å². The minimum Gasteiger partial charge on any atom is -0.493 e. The normalized spacial score (nSPS) is 13.3. The van der Waals surface area contributed by atoms with Gasteiger partial charge in [-0.2, -0.15) is 0 Å². The van der Waals surface area contributed by atoms with Crippen molar-refractivity contribution in [2.45, 2.75) is 13.0 Å². The maximum absolute atomic E-state index is 13.6. The predicted octanol–water partition coefficient (Wildman–Crippen LogP) is 4.99. The van der Waals surface area contributed by atoms with Crippen LogP contribution in [-0.2, 0) is 24.8 Å². The fourth-order valence-electron chi connectivity index (χ4n) is 4.75. The number of aromatic nitrogens is 2. The number of hydrogen-bond acceptors (Lipinski definition) is 4. The second kappa shape index (κ2) is 9.25. The Hall–Kier alpha value is -4.13. The van der Waals surface area contributed by atoms with Crippen LogP contribution in [0.15, 0.2) is 60.8 Å². The van der Waals surface area contributed by atoms with Crippen LogP contribution >= 0.6 is 0 Å². The van der Waals surface area contributed by atoms with Gasteiger partial charge < -0.3 is 18.9 Å². The number of hydrogen-bond donors (Lipinski definition) is 0. The molecule has 0 aliphatic carbocycles. The number of benzene rings is 2. The van der Waals surface area contributed by atoms with E-state index < -0.39 is 0 Å². The Morgan fingerprint density at radius 3 is 2.49 bits per heavy atom. The molecule has 3 heterocycles. The molecule has 1 aliphatic heterocycles. The summed E-state index contributed by atoms with van der Waals surface area (Å²) in [7, 11) is 5.16. The number of methoxy groups -OCH3 is 2. The van der Waals surface area contributed by atoms with Crippen molar-refractivity contribution in [3.63, 3.8) is 0 Å². The minimum absolute atomic E-state index is 0.0728. The molecule has 4 aromatic rings. The maximum Gasteiger partial charge on any atom is 0.246 e. The van der Waals surface area contributed by atoms with Crippen molar-refractivity contribution in [2.75, 3.05) is 20.8 Å². The molecule has 0 saturated heterocycles. The quantitative estimate of drug-likeness (QED) is 0.385. The van der Waals surface area contributed by atoms with Crippen LogP contribution in [0.4, 0.5) is 4.39 Å². The first-order valence-electron chi connectivity index (χ1n) is 11.4. The predicted molar refractivity (Wildman–Crippen MR) is 134 cm³/mol. The van der Waals surface area contributed by atoms with E-state index in [4.69, 9.17) is 9.47 Å². The van der Waals surface area contributed by atoms with Crippen molar-refractivity contribution in [3.05, 3.63) is 83.3 Å². The Morgan fingerprint density at radius 2 is 1.77 bits per heavy atom. The molecule has 1 amide bonds. The topological polar surface area (TPSA) is 56.6 Å². The number of aryl methyl sites for hydroxylation is 1. The van der Waals surface area contributed by atoms with Crippen molar-refractivity contribution >= 4 is 23.0 Å². The monoisotopic (exact) mass is 471 g/mol. The van der Waals surface area contributed by atoms with Gasteiger partial charge in [0.15, 0.2) is 11.5 Å². The second-order valence-electron chi connectivity index (χ2n) is 8.52. The Balaban J connectivity index is 1.47. The van der Waals surface area contributed by atoms with Crippen molar-refractivity contribution in [1.29, 1.82) is 0 Å². The average molecular weight is 472 g/mol. The molecule has 0 atom stereocenters. The van der Waals surface area contributed by atoms with Crippen LogP contribution in [0.3, 0.4) is 0 Å². The molecule has 0 spiro atoms. The lowest BCUT2D eigenvalue weighted by Gasteiger charge is -2.28. The van der Waals surface area contributed by atoms with Gasteiger partial charge in [-0.15, -0.1) is 0 Å². The molecule has 35 heavy (non-hydrogen) atoms. The molecular weight excluding hydrogens is 445 g/mol. The third-order valence-electron chi connectivity index (χ3n) is 6.53. The fraction of sp³-hybridized carbons (Fsp3) is 0.214. The number of halogens is 1. The number of pyridine rings is 1. The second-order valence-corrected chi connectivity index (χ2v) is 8.52. The van der Waals surface area contributed by atoms with Crippen molar-refractivity contribution in [3.8, 4) is 22.8 Å². The average Bonchev–Trinajstić information content (AvgIpc) is 3.18. The molecule has 5 rings (SSSR count). The number of fused-ring (bicyclic) bond motifs is 2. The molecule has 178 valence electrons. The zero-order valence-corrected chi connectivity index (χ0v) is 19.9. The van der Waals surface area contributed by atoms with Crippen molar-refractivity contribution in [2.24, 2.45) is 7.05 Å². The van der Waals surface area contributed by atoms with Crippen LogP contribution in [-0.4, -0.2) is 41.1 Å². The highest BCUT2D eigenvalue weighted by molar-refractivity contribution is 6.00. The van der Waals surface area contributed by atoms with E-state index in [2.05, 4.69) is 4.98 Å². The van der Waals surface area contributed by atoms with E-state index in [0.717, 1.165) is 45.4 Å². The number of amides is 1. The Bertz CT molecular complexity index is 1440. The molecule has 0 unspecified atom stereocenters. The Kier molecular flexibility index (Phi) is 5.99. The van der Waals surface area contributed by atoms with Gasteiger partial charge in [-0.3, -0.25) is 4.79 Å². The molecule has 2 aromatic carbocycles. The number of rotatable bonds is 5. The standard InChI is InChI=1S/C28H26FN3O3/c1-31-27(18-6-8-21(29)9-7-18)22(23-5-4-13-30-28(23)31)10-11-26(33)32-14-12-19-15-24(34-2)25(35-3)16-20(19)17-32/h4-11,13,15-16H,12,14,17H2,1-3H3. The summed E-state index contributed by atoms with van der Waals surface area (Å²) >= 11 is 0. The minimum atomic E-state index is -0.294. The fourth-order valence-corrected chi connectivity index (χ4v) is 4.75. The highest BCUT2D eigenvalue weighted by Gasteiger charge is 2.22. The van der Waals surface area contributed by atoms with Crippen molar-refractivity contribution in [1.82, 2.24) is 14.5 Å². The molecule has 0 saturated carbocycles. The number of carbonyl (C=O) groups excluding carboxylic acids is 1. The van der Waals surface area contributed by atoms with Gasteiger partial charge in [0, 0.05) is 43.4 Å². The van der Waals surface area contributed by atoms with Crippen molar-refractivity contribution < 1.29 is 18.7 Å². The summed E-state index contributed by atoms with van der Waals surface area (Å²) in [6, 6.07) is 14.2. The van der Waals surface area contributed by atoms with Gasteiger partial charge in [0.25, 0.3) is 0 Å². The number of ether oxygens (including phenoxy) is 2. The van der Waals surface area contributed by atoms with Gasteiger partial charge in [-0.25, -0.2) is 9.37 Å². The van der Waals surface area contributed by atoms with E-state index in [0.29, 0.717) is 24.6 Å². The van der Waals surface area contributed by atoms with Gasteiger partial charge in [-0.1, -0.05) is 0 Å². The molecule has 2 aromatic heterocycles. The molecule has 0 radical (unpaired) electrons. The molecule has 7 heteroatoms. The van der Waals surface area contributed by atoms with Gasteiger partial charge in [-0.05, 0) is 77.7 Å². The molecule has 1 aliphatic rings. The van der Waals surface area contributed by atoms with Gasteiger partial charge in [0.1, 0.15) is 11.5 Å². The summed E-state index contributed by atoms with van der Waals surface area (Å²) in [4.78, 5) is 19.5. The van der Waals surface area contributed by atoms with E-state index in [1.54, 1.807) is 38.6 Å². The highest BCUT2D eigenvalue weighted by atomic mass is 19.1. The summed E-state index contributed by atoms with van der Waals surface area (Å²) < 4.78 is 26.4. The summed E-state index contributed by atoms with van der Waals surface area (Å²) in [6.07, 6.45) is 5.94. The molecule has 6 nitrogen and oxygen atoms in total. The number of carbonyl (C=O) groups is 1. The molecular formula is C28H26FN3O3. The lowest BCUT2D eigenvalue weighted by Crippen LogP contribution is -2.34. The molecule has 0 bridgehead atoms. The summed E-state index contributed by atoms with van der Waals surface area (Å²) in [6.45, 7) is 1.12. The van der Waals surface area contributed by atoms with Crippen LogP contribution in [0.1, 0.15) is 16.7 Å². The largest absolute Gasteiger partial charge is 0.493 e. The first kappa shape index (κ1) is 22.7. The SMILES string of the molecule is COc1cc2c(cc1OC)CN(C(=O)C=Cc1c(-c3ccc(F)cc3)n(C)c3ncccc13)CC2. The lowest BCUT2D eigenvalue weighted by molar-refractivity contribution is -0.126. The maximum atomic E-state index is 13.6. The Labute approximate surface area is 203 Å². The van der Waals surface area contributed by atoms with Gasteiger partial charge in [0.05, 0.1) is 19.9 Å². The smallest absolute Gasteiger partial charge is 0.246 e. The summed E-state index contributed by atoms with van der Waals surface area (Å²) in [5.74, 6) is 0.987. The van der Waals surface area contributed by atoms with E-state index in [9.17, 15) is 9.18 Å². The number of nitrogens with zero attached hydrogens (tertiary/aromatic N) is 3. The van der Waals surface area contributed by atoms with Crippen LogP contribution < -0.4 is 9.47 Å². The summed E-state index contributed by atoms with van der Waals surface area (Å²) in [5, 5.41) is 0.930. The van der Waals surface area contributed by atoms with Gasteiger partial charge >= 0.3 is 0 Å². The zero-order chi connectivity index (χ0) is 24.5. The van der Waals surface area contributed by atoms with Crippen LogP contribution in [0.25, 0.3) is 28.4 Å². The first-order valence-corrected chi connectivity index (χ1v) is 11.4. The molecule has 0 fully saturated rings. The van der Waals surface area contributed by atoms with E-state index in [-0.39, 0.29) is 11.7 Å².